The standard InChI is InChI=1S/C13H14ClFN2S/c14-9-6-12-11(7-10(9)15)16-13(18)17(12)5-4-8-2-1-3-8/h6-8H,1-5H2,(H,16,18). The SMILES string of the molecule is Fc1cc2[nH]c(=S)n(CCC3CCC3)c2cc1Cl. The van der Waals surface area contributed by atoms with Crippen LogP contribution in [0.25, 0.3) is 11.0 Å². The molecular formula is C13H14ClFN2S. The lowest BCUT2D eigenvalue weighted by molar-refractivity contribution is 0.283. The van der Waals surface area contributed by atoms with Gasteiger partial charge in [-0.3, -0.25) is 0 Å². The third-order valence-corrected chi connectivity index (χ3v) is 4.41. The number of rotatable bonds is 3. The predicted molar refractivity (Wildman–Crippen MR) is 74.0 cm³/mol. The van der Waals surface area contributed by atoms with Gasteiger partial charge in [-0.15, -0.1) is 0 Å². The molecule has 1 aromatic carbocycles. The first-order chi connectivity index (χ1) is 8.65. The lowest BCUT2D eigenvalue weighted by Gasteiger charge is -2.25. The zero-order valence-electron chi connectivity index (χ0n) is 9.88. The molecule has 0 radical (unpaired) electrons. The van der Waals surface area contributed by atoms with E-state index in [1.54, 1.807) is 6.07 Å². The molecule has 1 aliphatic carbocycles. The summed E-state index contributed by atoms with van der Waals surface area (Å²) in [4.78, 5) is 3.03. The smallest absolute Gasteiger partial charge is 0.178 e. The Morgan fingerprint density at radius 3 is 2.89 bits per heavy atom. The molecule has 5 heteroatoms. The van der Waals surface area contributed by atoms with Gasteiger partial charge in [0.2, 0.25) is 0 Å². The van der Waals surface area contributed by atoms with Crippen LogP contribution in [0.2, 0.25) is 5.02 Å². The lowest BCUT2D eigenvalue weighted by Crippen LogP contribution is -2.13. The van der Waals surface area contributed by atoms with Crippen molar-refractivity contribution in [1.29, 1.82) is 0 Å². The van der Waals surface area contributed by atoms with Gasteiger partial charge in [-0.25, -0.2) is 4.39 Å². The fourth-order valence-corrected chi connectivity index (χ4v) is 2.92. The van der Waals surface area contributed by atoms with Gasteiger partial charge in [-0.1, -0.05) is 30.9 Å². The van der Waals surface area contributed by atoms with Gasteiger partial charge < -0.3 is 9.55 Å². The number of aromatic nitrogens is 2. The number of benzene rings is 1. The van der Waals surface area contributed by atoms with Crippen molar-refractivity contribution >= 4 is 34.9 Å². The molecule has 1 N–H and O–H groups in total. The normalized spacial score (nSPS) is 16.1. The van der Waals surface area contributed by atoms with Crippen LogP contribution in [0.4, 0.5) is 4.39 Å². The molecule has 2 aromatic rings. The van der Waals surface area contributed by atoms with Crippen molar-refractivity contribution in [2.45, 2.75) is 32.2 Å². The number of nitrogens with one attached hydrogen (secondary N) is 1. The number of nitrogens with zero attached hydrogens (tertiary/aromatic N) is 1. The molecule has 0 saturated heterocycles. The Labute approximate surface area is 115 Å². The Kier molecular flexibility index (Phi) is 3.16. The first-order valence-electron chi connectivity index (χ1n) is 6.22. The summed E-state index contributed by atoms with van der Waals surface area (Å²) >= 11 is 11.1. The van der Waals surface area contributed by atoms with E-state index in [1.165, 1.54) is 25.3 Å². The molecule has 0 amide bonds. The number of imidazole rings is 1. The molecule has 0 aliphatic heterocycles. The highest BCUT2D eigenvalue weighted by Crippen LogP contribution is 2.30. The average Bonchev–Trinajstić information content (AvgIpc) is 2.54. The van der Waals surface area contributed by atoms with Crippen molar-refractivity contribution in [3.8, 4) is 0 Å². The van der Waals surface area contributed by atoms with E-state index in [0.29, 0.717) is 4.77 Å². The summed E-state index contributed by atoms with van der Waals surface area (Å²) < 4.78 is 16.0. The summed E-state index contributed by atoms with van der Waals surface area (Å²) in [6.07, 6.45) is 5.13. The molecule has 18 heavy (non-hydrogen) atoms. The third-order valence-electron chi connectivity index (χ3n) is 3.80. The maximum absolute atomic E-state index is 13.4. The summed E-state index contributed by atoms with van der Waals surface area (Å²) in [5, 5.41) is 0.147. The van der Waals surface area contributed by atoms with Gasteiger partial charge in [0, 0.05) is 12.6 Å². The fourth-order valence-electron chi connectivity index (χ4n) is 2.47. The Morgan fingerprint density at radius 2 is 2.22 bits per heavy atom. The predicted octanol–water partition coefficient (Wildman–Crippen LogP) is 4.68. The van der Waals surface area contributed by atoms with Crippen molar-refractivity contribution in [3.05, 3.63) is 27.7 Å². The minimum atomic E-state index is -0.411. The van der Waals surface area contributed by atoms with Crippen molar-refractivity contribution in [2.24, 2.45) is 5.92 Å². The Balaban J connectivity index is 1.96. The number of hydrogen-bond acceptors (Lipinski definition) is 1. The maximum atomic E-state index is 13.4. The van der Waals surface area contributed by atoms with Crippen molar-refractivity contribution in [3.63, 3.8) is 0 Å². The van der Waals surface area contributed by atoms with E-state index in [9.17, 15) is 4.39 Å². The largest absolute Gasteiger partial charge is 0.330 e. The summed E-state index contributed by atoms with van der Waals surface area (Å²) in [6.45, 7) is 0.880. The van der Waals surface area contributed by atoms with Crippen molar-refractivity contribution in [2.75, 3.05) is 0 Å². The van der Waals surface area contributed by atoms with E-state index in [-0.39, 0.29) is 5.02 Å². The van der Waals surface area contributed by atoms with Gasteiger partial charge in [0.15, 0.2) is 4.77 Å². The second-order valence-electron chi connectivity index (χ2n) is 4.95. The first kappa shape index (κ1) is 12.2. The number of H-pyrrole nitrogens is 1. The third kappa shape index (κ3) is 2.08. The average molecular weight is 285 g/mol. The van der Waals surface area contributed by atoms with Crippen LogP contribution in [0.3, 0.4) is 0 Å². The summed E-state index contributed by atoms with van der Waals surface area (Å²) in [5.74, 6) is 0.416. The van der Waals surface area contributed by atoms with Gasteiger partial charge >= 0.3 is 0 Å². The topological polar surface area (TPSA) is 20.7 Å². The second-order valence-corrected chi connectivity index (χ2v) is 5.74. The monoisotopic (exact) mass is 284 g/mol. The molecule has 2 nitrogen and oxygen atoms in total. The van der Waals surface area contributed by atoms with E-state index in [0.717, 1.165) is 29.9 Å². The Morgan fingerprint density at radius 1 is 1.44 bits per heavy atom. The van der Waals surface area contributed by atoms with Crippen molar-refractivity contribution in [1.82, 2.24) is 9.55 Å². The van der Waals surface area contributed by atoms with Crippen LogP contribution in [0.5, 0.6) is 0 Å². The summed E-state index contributed by atoms with van der Waals surface area (Å²) in [5.41, 5.74) is 1.61. The van der Waals surface area contributed by atoms with E-state index in [1.807, 2.05) is 4.57 Å². The number of hydrogen-bond donors (Lipinski definition) is 1. The highest BCUT2D eigenvalue weighted by Gasteiger charge is 2.18. The molecule has 96 valence electrons. The lowest BCUT2D eigenvalue weighted by atomic mass is 9.83. The zero-order valence-corrected chi connectivity index (χ0v) is 11.5. The molecule has 1 aromatic heterocycles. The van der Waals surface area contributed by atoms with E-state index in [2.05, 4.69) is 4.98 Å². The second kappa shape index (κ2) is 4.67. The molecule has 1 fully saturated rings. The highest BCUT2D eigenvalue weighted by atomic mass is 35.5. The van der Waals surface area contributed by atoms with Crippen LogP contribution in [0.15, 0.2) is 12.1 Å². The van der Waals surface area contributed by atoms with Gasteiger partial charge in [-0.2, -0.15) is 0 Å². The fraction of sp³-hybridized carbons (Fsp3) is 0.462. The van der Waals surface area contributed by atoms with Crippen LogP contribution in [0.1, 0.15) is 25.7 Å². The van der Waals surface area contributed by atoms with Crippen LogP contribution < -0.4 is 0 Å². The molecule has 1 heterocycles. The van der Waals surface area contributed by atoms with E-state index < -0.39 is 5.82 Å². The van der Waals surface area contributed by atoms with E-state index >= 15 is 0 Å². The minimum Gasteiger partial charge on any atom is -0.330 e. The molecule has 0 unspecified atom stereocenters. The molecular weight excluding hydrogens is 271 g/mol. The summed E-state index contributed by atoms with van der Waals surface area (Å²) in [6, 6.07) is 3.06. The first-order valence-corrected chi connectivity index (χ1v) is 7.01. The zero-order chi connectivity index (χ0) is 12.7. The molecule has 0 atom stereocenters. The molecule has 1 aliphatic rings. The Hall–Kier alpha value is -0.870. The Bertz CT molecular complexity index is 642. The van der Waals surface area contributed by atoms with Gasteiger partial charge in [0.25, 0.3) is 0 Å². The maximum Gasteiger partial charge on any atom is 0.178 e. The quantitative estimate of drug-likeness (QED) is 0.812. The number of aromatic amines is 1. The minimum absolute atomic E-state index is 0.147. The summed E-state index contributed by atoms with van der Waals surface area (Å²) in [7, 11) is 0. The van der Waals surface area contributed by atoms with Gasteiger partial charge in [0.1, 0.15) is 5.82 Å². The number of fused-ring (bicyclic) bond motifs is 1. The molecule has 3 rings (SSSR count). The molecule has 0 spiro atoms. The van der Waals surface area contributed by atoms with Gasteiger partial charge in [-0.05, 0) is 30.6 Å². The van der Waals surface area contributed by atoms with Gasteiger partial charge in [0.05, 0.1) is 16.1 Å². The highest BCUT2D eigenvalue weighted by molar-refractivity contribution is 7.71. The van der Waals surface area contributed by atoms with Crippen LogP contribution in [0, 0.1) is 16.5 Å². The van der Waals surface area contributed by atoms with Crippen molar-refractivity contribution < 1.29 is 4.39 Å². The van der Waals surface area contributed by atoms with E-state index in [4.69, 9.17) is 23.8 Å². The molecule has 0 bridgehead atoms. The van der Waals surface area contributed by atoms with Crippen LogP contribution in [-0.2, 0) is 6.54 Å². The number of aryl methyl sites for hydroxylation is 1. The van der Waals surface area contributed by atoms with Crippen LogP contribution in [-0.4, -0.2) is 9.55 Å². The van der Waals surface area contributed by atoms with Crippen LogP contribution >= 0.6 is 23.8 Å². The molecule has 1 saturated carbocycles. The number of halogens is 2.